The van der Waals surface area contributed by atoms with E-state index in [2.05, 4.69) is 20.6 Å². The molecular weight excluding hydrogens is 547 g/mol. The van der Waals surface area contributed by atoms with Gasteiger partial charge < -0.3 is 20.1 Å². The Kier molecular flexibility index (Phi) is 7.82. The lowest BCUT2D eigenvalue weighted by molar-refractivity contribution is -0.113. The van der Waals surface area contributed by atoms with Crippen LogP contribution in [0, 0.1) is 5.82 Å². The minimum Gasteiger partial charge on any atom is -0.490 e. The summed E-state index contributed by atoms with van der Waals surface area (Å²) in [4.78, 5) is 22.6. The first-order chi connectivity index (χ1) is 21.0. The van der Waals surface area contributed by atoms with Gasteiger partial charge in [0.15, 0.2) is 17.3 Å². The van der Waals surface area contributed by atoms with Crippen LogP contribution in [0.2, 0.25) is 0 Å². The molecule has 1 aliphatic heterocycles. The molecule has 0 saturated carbocycles. The molecule has 43 heavy (non-hydrogen) atoms. The highest BCUT2D eigenvalue weighted by atomic mass is 19.1. The van der Waals surface area contributed by atoms with E-state index in [-0.39, 0.29) is 11.7 Å². The average molecular weight is 577 g/mol. The maximum absolute atomic E-state index is 13.8. The molecule has 0 bridgehead atoms. The zero-order valence-corrected chi connectivity index (χ0v) is 23.6. The molecule has 0 saturated heterocycles. The molecule has 0 fully saturated rings. The first-order valence-corrected chi connectivity index (χ1v) is 13.8. The predicted molar refractivity (Wildman–Crippen MR) is 161 cm³/mol. The Morgan fingerprint density at radius 2 is 1.81 bits per heavy atom. The second-order valence-corrected chi connectivity index (χ2v) is 9.89. The summed E-state index contributed by atoms with van der Waals surface area (Å²) in [7, 11) is 0. The molecule has 0 aliphatic carbocycles. The van der Waals surface area contributed by atoms with E-state index >= 15 is 0 Å². The number of halogens is 1. The van der Waals surface area contributed by atoms with Crippen molar-refractivity contribution in [1.29, 1.82) is 0 Å². The lowest BCUT2D eigenvalue weighted by Crippen LogP contribution is -2.31. The van der Waals surface area contributed by atoms with Crippen molar-refractivity contribution in [2.24, 2.45) is 0 Å². The number of hydrogen-bond donors (Lipinski definition) is 2. The second kappa shape index (κ2) is 12.2. The number of anilines is 2. The number of hydrogen-bond acceptors (Lipinski definition) is 7. The van der Waals surface area contributed by atoms with E-state index in [1.54, 1.807) is 41.3 Å². The maximum atomic E-state index is 13.8. The molecule has 9 nitrogen and oxygen atoms in total. The summed E-state index contributed by atoms with van der Waals surface area (Å²) in [5, 5.41) is 11.0. The summed E-state index contributed by atoms with van der Waals surface area (Å²) in [6.07, 6.45) is 3.22. The summed E-state index contributed by atoms with van der Waals surface area (Å²) in [6, 6.07) is 24.3. The number of amides is 1. The number of allylic oxidation sites excluding steroid dienone is 1. The van der Waals surface area contributed by atoms with Crippen molar-refractivity contribution in [2.45, 2.75) is 26.5 Å². The number of nitrogens with zero attached hydrogens (tertiary/aromatic N) is 4. The fraction of sp³-hybridized carbons (Fsp3) is 0.152. The number of carbonyl (C=O) groups excluding carboxylic acids is 1. The number of carbonyl (C=O) groups is 1. The molecule has 6 rings (SSSR count). The number of fused-ring (bicyclic) bond motifs is 1. The third-order valence-electron chi connectivity index (χ3n) is 6.94. The molecule has 3 heterocycles. The number of aromatic nitrogens is 4. The molecule has 5 aromatic rings. The largest absolute Gasteiger partial charge is 0.490 e. The molecule has 2 aromatic heterocycles. The van der Waals surface area contributed by atoms with Crippen molar-refractivity contribution >= 4 is 17.5 Å². The minimum atomic E-state index is -0.669. The van der Waals surface area contributed by atoms with Crippen LogP contribution >= 0.6 is 0 Å². The van der Waals surface area contributed by atoms with Crippen LogP contribution in [0.1, 0.15) is 31.0 Å². The van der Waals surface area contributed by atoms with Crippen molar-refractivity contribution in [1.82, 2.24) is 19.7 Å². The van der Waals surface area contributed by atoms with Gasteiger partial charge >= 0.3 is 0 Å². The van der Waals surface area contributed by atoms with Crippen LogP contribution < -0.4 is 20.1 Å². The molecule has 0 radical (unpaired) electrons. The van der Waals surface area contributed by atoms with Crippen LogP contribution in [-0.4, -0.2) is 32.3 Å². The Morgan fingerprint density at radius 1 is 1.00 bits per heavy atom. The molecule has 10 heteroatoms. The van der Waals surface area contributed by atoms with Gasteiger partial charge in [-0.15, -0.1) is 5.10 Å². The van der Waals surface area contributed by atoms with Gasteiger partial charge in [-0.3, -0.25) is 9.78 Å². The van der Waals surface area contributed by atoms with Crippen LogP contribution in [-0.2, 0) is 11.4 Å². The van der Waals surface area contributed by atoms with E-state index in [0.717, 1.165) is 11.1 Å². The zero-order chi connectivity index (χ0) is 29.8. The van der Waals surface area contributed by atoms with Gasteiger partial charge in [-0.05, 0) is 73.5 Å². The third-order valence-corrected chi connectivity index (χ3v) is 6.94. The summed E-state index contributed by atoms with van der Waals surface area (Å²) >= 11 is 0. The topological polar surface area (TPSA) is 103 Å². The summed E-state index contributed by atoms with van der Waals surface area (Å²) < 4.78 is 27.4. The van der Waals surface area contributed by atoms with E-state index in [4.69, 9.17) is 14.6 Å². The molecule has 216 valence electrons. The normalized spacial score (nSPS) is 14.1. The van der Waals surface area contributed by atoms with Crippen LogP contribution in [0.3, 0.4) is 0 Å². The Labute approximate surface area is 248 Å². The molecule has 1 atom stereocenters. The maximum Gasteiger partial charge on any atom is 0.255 e. The van der Waals surface area contributed by atoms with Crippen molar-refractivity contribution in [3.63, 3.8) is 0 Å². The molecule has 1 amide bonds. The number of ether oxygens (including phenoxy) is 2. The SMILES string of the molecule is CCOc1cc(C2C(C(=O)Nc3cccnc3)=C(C)Nc3nc(-c4ccc(F)cc4)nn32)ccc1OCc1ccccc1. The van der Waals surface area contributed by atoms with Gasteiger partial charge in [0.25, 0.3) is 5.91 Å². The van der Waals surface area contributed by atoms with Gasteiger partial charge in [-0.1, -0.05) is 36.4 Å². The fourth-order valence-electron chi connectivity index (χ4n) is 4.93. The van der Waals surface area contributed by atoms with Crippen LogP contribution in [0.5, 0.6) is 11.5 Å². The van der Waals surface area contributed by atoms with Crippen molar-refractivity contribution in [3.05, 3.63) is 126 Å². The lowest BCUT2D eigenvalue weighted by Gasteiger charge is -2.29. The van der Waals surface area contributed by atoms with Crippen molar-refractivity contribution in [2.75, 3.05) is 17.2 Å². The first-order valence-electron chi connectivity index (χ1n) is 13.8. The quantitative estimate of drug-likeness (QED) is 0.210. The Bertz CT molecular complexity index is 1770. The highest BCUT2D eigenvalue weighted by Crippen LogP contribution is 2.40. The van der Waals surface area contributed by atoms with E-state index in [9.17, 15) is 9.18 Å². The van der Waals surface area contributed by atoms with Gasteiger partial charge in [-0.25, -0.2) is 9.07 Å². The number of pyridine rings is 1. The van der Waals surface area contributed by atoms with Crippen molar-refractivity contribution < 1.29 is 18.7 Å². The molecule has 1 aliphatic rings. The van der Waals surface area contributed by atoms with Gasteiger partial charge in [0, 0.05) is 17.5 Å². The monoisotopic (exact) mass is 576 g/mol. The van der Waals surface area contributed by atoms with Crippen LogP contribution in [0.4, 0.5) is 16.0 Å². The first kappa shape index (κ1) is 27.6. The number of rotatable bonds is 9. The number of benzene rings is 3. The molecule has 0 spiro atoms. The Morgan fingerprint density at radius 3 is 2.56 bits per heavy atom. The van der Waals surface area contributed by atoms with Gasteiger partial charge in [-0.2, -0.15) is 4.98 Å². The van der Waals surface area contributed by atoms with E-state index < -0.39 is 6.04 Å². The molecule has 2 N–H and O–H groups in total. The van der Waals surface area contributed by atoms with Crippen molar-refractivity contribution in [3.8, 4) is 22.9 Å². The summed E-state index contributed by atoms with van der Waals surface area (Å²) in [6.45, 7) is 4.52. The molecule has 3 aromatic carbocycles. The van der Waals surface area contributed by atoms with Gasteiger partial charge in [0.2, 0.25) is 5.95 Å². The van der Waals surface area contributed by atoms with E-state index in [1.807, 2.05) is 62.4 Å². The Balaban J connectivity index is 1.41. The lowest BCUT2D eigenvalue weighted by atomic mass is 9.94. The standard InChI is InChI=1S/C33H29FN6O3/c1-3-42-28-18-24(13-16-27(28)43-20-22-8-5-4-6-9-22)30-29(32(41)37-26-10-7-17-35-19-26)21(2)36-33-38-31(39-40(30)33)23-11-14-25(34)15-12-23/h4-19,30H,3,20H2,1-2H3,(H,37,41)(H,36,38,39). The fourth-order valence-corrected chi connectivity index (χ4v) is 4.93. The van der Waals surface area contributed by atoms with Gasteiger partial charge in [0.05, 0.1) is 24.1 Å². The van der Waals surface area contributed by atoms with E-state index in [1.165, 1.54) is 12.1 Å². The van der Waals surface area contributed by atoms with Gasteiger partial charge in [0.1, 0.15) is 18.5 Å². The van der Waals surface area contributed by atoms with Crippen LogP contribution in [0.25, 0.3) is 11.4 Å². The summed E-state index contributed by atoms with van der Waals surface area (Å²) in [5.41, 5.74) is 4.02. The average Bonchev–Trinajstić information content (AvgIpc) is 3.44. The highest BCUT2D eigenvalue weighted by Gasteiger charge is 2.35. The predicted octanol–water partition coefficient (Wildman–Crippen LogP) is 6.38. The smallest absolute Gasteiger partial charge is 0.255 e. The Hall–Kier alpha value is -5.51. The van der Waals surface area contributed by atoms with E-state index in [0.29, 0.717) is 59.0 Å². The van der Waals surface area contributed by atoms with Crippen LogP contribution in [0.15, 0.2) is 109 Å². The molecule has 1 unspecified atom stereocenters. The second-order valence-electron chi connectivity index (χ2n) is 9.89. The third kappa shape index (κ3) is 5.94. The zero-order valence-electron chi connectivity index (χ0n) is 23.6. The number of nitrogens with one attached hydrogen (secondary N) is 2. The summed E-state index contributed by atoms with van der Waals surface area (Å²) in [5.74, 6) is 1.28. The molecular formula is C33H29FN6O3. The minimum absolute atomic E-state index is 0.324. The highest BCUT2D eigenvalue weighted by molar-refractivity contribution is 6.06.